The molecule has 1 fully saturated rings. The van der Waals surface area contributed by atoms with Gasteiger partial charge >= 0.3 is 0 Å². The van der Waals surface area contributed by atoms with Crippen LogP contribution in [0.1, 0.15) is 20.8 Å². The normalized spacial score (nSPS) is 18.9. The van der Waals surface area contributed by atoms with Crippen LogP contribution in [0.25, 0.3) is 0 Å². The van der Waals surface area contributed by atoms with Crippen molar-refractivity contribution in [2.45, 2.75) is 31.9 Å². The van der Waals surface area contributed by atoms with Crippen LogP contribution in [0, 0.1) is 0 Å². The lowest BCUT2D eigenvalue weighted by atomic mass is 10.2. The number of nitrogens with one attached hydrogen (secondary N) is 1. The summed E-state index contributed by atoms with van der Waals surface area (Å²) in [6.07, 6.45) is 0.121. The summed E-state index contributed by atoms with van der Waals surface area (Å²) in [6, 6.07) is 21.5. The molecule has 0 bridgehead atoms. The van der Waals surface area contributed by atoms with E-state index in [4.69, 9.17) is 9.16 Å². The molecule has 3 rings (SSSR count). The predicted octanol–water partition coefficient (Wildman–Crippen LogP) is 2.55. The highest BCUT2D eigenvalue weighted by molar-refractivity contribution is 6.99. The average Bonchev–Trinajstić information content (AvgIpc) is 2.64. The average molecular weight is 356 g/mol. The fraction of sp³-hybridized carbons (Fsp3) is 0.429. The quantitative estimate of drug-likeness (QED) is 0.836. The van der Waals surface area contributed by atoms with Crippen LogP contribution in [0.15, 0.2) is 60.7 Å². The Labute approximate surface area is 152 Å². The summed E-state index contributed by atoms with van der Waals surface area (Å²) >= 11 is 0. The Morgan fingerprint density at radius 1 is 1.00 bits per heavy atom. The van der Waals surface area contributed by atoms with Crippen molar-refractivity contribution in [2.75, 3.05) is 26.3 Å². The van der Waals surface area contributed by atoms with E-state index in [1.165, 1.54) is 10.4 Å². The summed E-state index contributed by atoms with van der Waals surface area (Å²) in [6.45, 7) is 10.1. The van der Waals surface area contributed by atoms with E-state index in [-0.39, 0.29) is 11.1 Å². The third-order valence-corrected chi connectivity index (χ3v) is 9.91. The molecule has 25 heavy (non-hydrogen) atoms. The van der Waals surface area contributed by atoms with Gasteiger partial charge in [-0.3, -0.25) is 0 Å². The highest BCUT2D eigenvalue weighted by atomic mass is 28.4. The van der Waals surface area contributed by atoms with E-state index in [0.717, 1.165) is 19.7 Å². The number of ether oxygens (including phenoxy) is 1. The molecule has 4 heteroatoms. The lowest BCUT2D eigenvalue weighted by Gasteiger charge is -2.44. The van der Waals surface area contributed by atoms with E-state index in [2.05, 4.69) is 86.8 Å². The van der Waals surface area contributed by atoms with E-state index in [1.807, 2.05) is 0 Å². The number of hydrogen-bond donors (Lipinski definition) is 1. The van der Waals surface area contributed by atoms with Gasteiger partial charge in [-0.1, -0.05) is 81.4 Å². The number of rotatable bonds is 5. The van der Waals surface area contributed by atoms with Gasteiger partial charge in [-0.25, -0.2) is 0 Å². The Bertz CT molecular complexity index is 609. The summed E-state index contributed by atoms with van der Waals surface area (Å²) in [5.41, 5.74) is 0. The number of hydrogen-bond acceptors (Lipinski definition) is 3. The summed E-state index contributed by atoms with van der Waals surface area (Å²) in [7, 11) is -2.44. The summed E-state index contributed by atoms with van der Waals surface area (Å²) < 4.78 is 12.8. The summed E-state index contributed by atoms with van der Waals surface area (Å²) in [4.78, 5) is 0. The summed E-state index contributed by atoms with van der Waals surface area (Å²) in [5.74, 6) is 0. The molecule has 1 aliphatic rings. The molecule has 1 N–H and O–H groups in total. The molecule has 1 aliphatic heterocycles. The van der Waals surface area contributed by atoms with Gasteiger partial charge in [0.15, 0.2) is 0 Å². The molecule has 0 saturated carbocycles. The smallest absolute Gasteiger partial charge is 0.261 e. The minimum absolute atomic E-state index is 0.0117. The van der Waals surface area contributed by atoms with Crippen LogP contribution >= 0.6 is 0 Å². The highest BCUT2D eigenvalue weighted by Gasteiger charge is 2.50. The predicted molar refractivity (Wildman–Crippen MR) is 106 cm³/mol. The van der Waals surface area contributed by atoms with Crippen LogP contribution in [0.4, 0.5) is 0 Å². The van der Waals surface area contributed by atoms with Crippen LogP contribution < -0.4 is 15.7 Å². The van der Waals surface area contributed by atoms with E-state index >= 15 is 0 Å². The van der Waals surface area contributed by atoms with E-state index in [0.29, 0.717) is 6.61 Å². The van der Waals surface area contributed by atoms with E-state index in [1.54, 1.807) is 0 Å². The molecular formula is C21H29NO2Si. The van der Waals surface area contributed by atoms with Gasteiger partial charge in [0.2, 0.25) is 0 Å². The van der Waals surface area contributed by atoms with Crippen molar-refractivity contribution in [3.63, 3.8) is 0 Å². The van der Waals surface area contributed by atoms with Crippen molar-refractivity contribution in [3.05, 3.63) is 60.7 Å². The van der Waals surface area contributed by atoms with Gasteiger partial charge in [0, 0.05) is 13.1 Å². The molecule has 1 saturated heterocycles. The molecule has 1 heterocycles. The maximum atomic E-state index is 6.88. The lowest BCUT2D eigenvalue weighted by Crippen LogP contribution is -2.67. The first kappa shape index (κ1) is 18.3. The van der Waals surface area contributed by atoms with Crippen molar-refractivity contribution in [1.29, 1.82) is 0 Å². The van der Waals surface area contributed by atoms with E-state index < -0.39 is 8.32 Å². The van der Waals surface area contributed by atoms with E-state index in [9.17, 15) is 0 Å². The molecule has 0 aliphatic carbocycles. The Kier molecular flexibility index (Phi) is 5.74. The lowest BCUT2D eigenvalue weighted by molar-refractivity contribution is -0.00208. The fourth-order valence-corrected chi connectivity index (χ4v) is 8.30. The van der Waals surface area contributed by atoms with Crippen LogP contribution in [-0.2, 0) is 9.16 Å². The molecule has 1 atom stereocenters. The Hall–Kier alpha value is -1.46. The number of morpholine rings is 1. The fourth-order valence-electron chi connectivity index (χ4n) is 3.71. The van der Waals surface area contributed by atoms with Crippen molar-refractivity contribution >= 4 is 18.7 Å². The Morgan fingerprint density at radius 2 is 1.56 bits per heavy atom. The molecule has 2 aromatic rings. The molecule has 0 unspecified atom stereocenters. The highest BCUT2D eigenvalue weighted by Crippen LogP contribution is 2.36. The van der Waals surface area contributed by atoms with Crippen molar-refractivity contribution < 1.29 is 9.16 Å². The zero-order valence-electron chi connectivity index (χ0n) is 15.5. The first-order chi connectivity index (χ1) is 12.0. The van der Waals surface area contributed by atoms with Gasteiger partial charge in [0.1, 0.15) is 0 Å². The van der Waals surface area contributed by atoms with Crippen molar-refractivity contribution in [1.82, 2.24) is 5.32 Å². The number of benzene rings is 2. The van der Waals surface area contributed by atoms with Crippen molar-refractivity contribution in [3.8, 4) is 0 Å². The Morgan fingerprint density at radius 3 is 2.00 bits per heavy atom. The second kappa shape index (κ2) is 7.83. The van der Waals surface area contributed by atoms with Crippen LogP contribution in [0.2, 0.25) is 5.04 Å². The van der Waals surface area contributed by atoms with Gasteiger partial charge < -0.3 is 14.5 Å². The topological polar surface area (TPSA) is 30.5 Å². The second-order valence-corrected chi connectivity index (χ2v) is 12.0. The van der Waals surface area contributed by atoms with Gasteiger partial charge in [-0.15, -0.1) is 0 Å². The van der Waals surface area contributed by atoms with Gasteiger partial charge in [0.05, 0.1) is 19.3 Å². The molecule has 0 spiro atoms. The molecule has 2 aromatic carbocycles. The first-order valence-corrected chi connectivity index (χ1v) is 11.0. The maximum Gasteiger partial charge on any atom is 0.261 e. The molecular weight excluding hydrogens is 326 g/mol. The minimum atomic E-state index is -2.44. The molecule has 134 valence electrons. The molecule has 3 nitrogen and oxygen atoms in total. The van der Waals surface area contributed by atoms with Gasteiger partial charge in [-0.05, 0) is 15.4 Å². The third kappa shape index (κ3) is 3.87. The van der Waals surface area contributed by atoms with Crippen molar-refractivity contribution in [2.24, 2.45) is 0 Å². The zero-order valence-corrected chi connectivity index (χ0v) is 16.5. The first-order valence-electron chi connectivity index (χ1n) is 9.11. The SMILES string of the molecule is CC(C)(C)[Si](OC[C@H]1CNCCO1)(c1ccccc1)c1ccccc1. The maximum absolute atomic E-state index is 6.88. The molecule has 0 radical (unpaired) electrons. The molecule has 0 amide bonds. The van der Waals surface area contributed by atoms with Crippen LogP contribution in [0.5, 0.6) is 0 Å². The van der Waals surface area contributed by atoms with Gasteiger partial charge in [0.25, 0.3) is 8.32 Å². The third-order valence-electron chi connectivity index (χ3n) is 4.91. The molecule has 0 aromatic heterocycles. The standard InChI is InChI=1S/C21H29NO2Si/c1-21(2,3)25(19-10-6-4-7-11-19,20-12-8-5-9-13-20)24-17-18-16-22-14-15-23-18/h4-13,18,22H,14-17H2,1-3H3/t18-/m1/s1. The van der Waals surface area contributed by atoms with Gasteiger partial charge in [-0.2, -0.15) is 0 Å². The zero-order chi connectivity index (χ0) is 17.8. The van der Waals surface area contributed by atoms with Crippen LogP contribution in [0.3, 0.4) is 0 Å². The minimum Gasteiger partial charge on any atom is -0.405 e. The monoisotopic (exact) mass is 355 g/mol. The Balaban J connectivity index is 2.02. The second-order valence-electron chi connectivity index (χ2n) is 7.67. The largest absolute Gasteiger partial charge is 0.405 e. The van der Waals surface area contributed by atoms with Crippen LogP contribution in [-0.4, -0.2) is 40.7 Å². The summed E-state index contributed by atoms with van der Waals surface area (Å²) in [5, 5.41) is 6.05.